The number of rotatable bonds is 6. The maximum absolute atomic E-state index is 11.8. The van der Waals surface area contributed by atoms with Crippen molar-refractivity contribution in [2.24, 2.45) is 5.14 Å². The molecule has 0 saturated carbocycles. The van der Waals surface area contributed by atoms with Crippen molar-refractivity contribution in [1.82, 2.24) is 5.32 Å². The molecule has 0 aliphatic heterocycles. The molecule has 1 amide bonds. The number of carbonyl (C=O) groups is 1. The zero-order valence-electron chi connectivity index (χ0n) is 11.8. The summed E-state index contributed by atoms with van der Waals surface area (Å²) in [5, 5.41) is 7.93. The van der Waals surface area contributed by atoms with Crippen LogP contribution in [-0.2, 0) is 21.2 Å². The van der Waals surface area contributed by atoms with Gasteiger partial charge < -0.3 is 5.32 Å². The highest BCUT2D eigenvalue weighted by atomic mass is 32.2. The zero-order valence-corrected chi connectivity index (χ0v) is 13.4. The van der Waals surface area contributed by atoms with Crippen molar-refractivity contribution in [2.45, 2.75) is 42.7 Å². The smallest absolute Gasteiger partial charge is 0.247 e. The molecule has 1 aromatic heterocycles. The Morgan fingerprint density at radius 2 is 2.14 bits per heavy atom. The zero-order chi connectivity index (χ0) is 15.3. The van der Waals surface area contributed by atoms with E-state index in [-0.39, 0.29) is 10.1 Å². The molecule has 0 bridgehead atoms. The molecule has 116 valence electrons. The highest BCUT2D eigenvalue weighted by Gasteiger charge is 2.12. The molecule has 0 saturated heterocycles. The van der Waals surface area contributed by atoms with Crippen LogP contribution in [-0.4, -0.2) is 20.9 Å². The second-order valence-corrected chi connectivity index (χ2v) is 8.11. The highest BCUT2D eigenvalue weighted by Crippen LogP contribution is 2.21. The molecule has 3 N–H and O–H groups in total. The van der Waals surface area contributed by atoms with Gasteiger partial charge in [-0.15, -0.1) is 11.3 Å². The van der Waals surface area contributed by atoms with Gasteiger partial charge in [-0.05, 0) is 44.2 Å². The Morgan fingerprint density at radius 3 is 2.76 bits per heavy atom. The third kappa shape index (κ3) is 5.26. The van der Waals surface area contributed by atoms with E-state index >= 15 is 0 Å². The molecule has 0 fully saturated rings. The average molecular weight is 328 g/mol. The maximum atomic E-state index is 11.8. The van der Waals surface area contributed by atoms with Crippen LogP contribution in [0.4, 0.5) is 0 Å². The number of carbonyl (C=O) groups excluding carboxylic acids is 1. The van der Waals surface area contributed by atoms with E-state index in [9.17, 15) is 13.2 Å². The molecule has 0 unspecified atom stereocenters. The van der Waals surface area contributed by atoms with Gasteiger partial charge in [-0.3, -0.25) is 4.79 Å². The molecular weight excluding hydrogens is 308 g/mol. The Kier molecular flexibility index (Phi) is 5.55. The third-order valence-corrected chi connectivity index (χ3v) is 5.97. The first-order valence-corrected chi connectivity index (χ1v) is 9.37. The van der Waals surface area contributed by atoms with Crippen LogP contribution in [0.5, 0.6) is 0 Å². The van der Waals surface area contributed by atoms with Crippen LogP contribution in [0, 0.1) is 0 Å². The molecule has 21 heavy (non-hydrogen) atoms. The molecule has 0 atom stereocenters. The fraction of sp³-hybridized carbons (Fsp3) is 0.500. The summed E-state index contributed by atoms with van der Waals surface area (Å²) in [6, 6.07) is 3.24. The van der Waals surface area contributed by atoms with Gasteiger partial charge in [-0.25, -0.2) is 13.6 Å². The lowest BCUT2D eigenvalue weighted by atomic mass is 9.97. The molecule has 0 radical (unpaired) electrons. The van der Waals surface area contributed by atoms with Gasteiger partial charge in [0.25, 0.3) is 0 Å². The molecule has 2 rings (SSSR count). The molecule has 5 nitrogen and oxygen atoms in total. The van der Waals surface area contributed by atoms with Gasteiger partial charge in [0.1, 0.15) is 4.21 Å². The standard InChI is InChI=1S/C14H20N2O3S2/c15-21(18,19)14-7-6-12(20-14)8-9-16-13(17)10-11-4-2-1-3-5-11/h4,6-7H,1-3,5,8-10H2,(H,16,17)(H2,15,18,19). The summed E-state index contributed by atoms with van der Waals surface area (Å²) < 4.78 is 22.5. The van der Waals surface area contributed by atoms with Gasteiger partial charge in [-0.1, -0.05) is 11.6 Å². The largest absolute Gasteiger partial charge is 0.355 e. The molecule has 1 aliphatic carbocycles. The number of hydrogen-bond acceptors (Lipinski definition) is 4. The Balaban J connectivity index is 1.75. The lowest BCUT2D eigenvalue weighted by molar-refractivity contribution is -0.120. The minimum absolute atomic E-state index is 0.0337. The normalized spacial score (nSPS) is 15.6. The van der Waals surface area contributed by atoms with Crippen LogP contribution in [0.2, 0.25) is 0 Å². The van der Waals surface area contributed by atoms with Crippen molar-refractivity contribution in [2.75, 3.05) is 6.54 Å². The van der Waals surface area contributed by atoms with E-state index in [1.54, 1.807) is 6.07 Å². The van der Waals surface area contributed by atoms with E-state index in [0.29, 0.717) is 19.4 Å². The van der Waals surface area contributed by atoms with Crippen LogP contribution < -0.4 is 10.5 Å². The first-order chi connectivity index (χ1) is 9.95. The van der Waals surface area contributed by atoms with Crippen molar-refractivity contribution in [3.8, 4) is 0 Å². The van der Waals surface area contributed by atoms with Gasteiger partial charge in [-0.2, -0.15) is 0 Å². The summed E-state index contributed by atoms with van der Waals surface area (Å²) in [6.07, 6.45) is 7.75. The minimum Gasteiger partial charge on any atom is -0.355 e. The molecule has 1 aromatic rings. The predicted octanol–water partition coefficient (Wildman–Crippen LogP) is 1.94. The lowest BCUT2D eigenvalue weighted by Gasteiger charge is -2.12. The van der Waals surface area contributed by atoms with Crippen LogP contribution in [0.1, 0.15) is 37.0 Å². The van der Waals surface area contributed by atoms with Gasteiger partial charge in [0, 0.05) is 17.8 Å². The van der Waals surface area contributed by atoms with E-state index in [4.69, 9.17) is 5.14 Å². The number of allylic oxidation sites excluding steroid dienone is 1. The maximum Gasteiger partial charge on any atom is 0.247 e. The average Bonchev–Trinajstić information content (AvgIpc) is 2.88. The van der Waals surface area contributed by atoms with Gasteiger partial charge in [0.15, 0.2) is 0 Å². The fourth-order valence-electron chi connectivity index (χ4n) is 2.30. The molecule has 0 spiro atoms. The first-order valence-electron chi connectivity index (χ1n) is 7.01. The Hall–Kier alpha value is -1.18. The number of thiophene rings is 1. The van der Waals surface area contributed by atoms with E-state index in [1.165, 1.54) is 24.5 Å². The molecular formula is C14H20N2O3S2. The monoisotopic (exact) mass is 328 g/mol. The van der Waals surface area contributed by atoms with Crippen molar-refractivity contribution in [1.29, 1.82) is 0 Å². The van der Waals surface area contributed by atoms with Crippen LogP contribution in [0.25, 0.3) is 0 Å². The number of sulfonamides is 1. The van der Waals surface area contributed by atoms with Gasteiger partial charge in [0.2, 0.25) is 15.9 Å². The summed E-state index contributed by atoms with van der Waals surface area (Å²) in [6.45, 7) is 0.511. The lowest BCUT2D eigenvalue weighted by Crippen LogP contribution is -2.25. The summed E-state index contributed by atoms with van der Waals surface area (Å²) in [7, 11) is -3.62. The van der Waals surface area contributed by atoms with Gasteiger partial charge in [0.05, 0.1) is 0 Å². The Morgan fingerprint density at radius 1 is 1.33 bits per heavy atom. The molecule has 1 aliphatic rings. The summed E-state index contributed by atoms with van der Waals surface area (Å²) in [4.78, 5) is 12.7. The van der Waals surface area contributed by atoms with Crippen molar-refractivity contribution >= 4 is 27.3 Å². The molecule has 7 heteroatoms. The second kappa shape index (κ2) is 7.20. The van der Waals surface area contributed by atoms with Crippen LogP contribution >= 0.6 is 11.3 Å². The number of nitrogens with one attached hydrogen (secondary N) is 1. The highest BCUT2D eigenvalue weighted by molar-refractivity contribution is 7.91. The van der Waals surface area contributed by atoms with Crippen molar-refractivity contribution in [3.63, 3.8) is 0 Å². The summed E-state index contributed by atoms with van der Waals surface area (Å²) in [5.41, 5.74) is 1.23. The summed E-state index contributed by atoms with van der Waals surface area (Å²) in [5.74, 6) is 0.0337. The van der Waals surface area contributed by atoms with E-state index in [0.717, 1.165) is 29.1 Å². The number of nitrogens with two attached hydrogens (primary N) is 1. The predicted molar refractivity (Wildman–Crippen MR) is 83.6 cm³/mol. The van der Waals surface area contributed by atoms with Crippen LogP contribution in [0.15, 0.2) is 28.0 Å². The quantitative estimate of drug-likeness (QED) is 0.782. The SMILES string of the molecule is NS(=O)(=O)c1ccc(CCNC(=O)CC2=CCCCC2)s1. The topological polar surface area (TPSA) is 89.3 Å². The summed E-state index contributed by atoms with van der Waals surface area (Å²) >= 11 is 1.15. The number of amides is 1. The van der Waals surface area contributed by atoms with Crippen molar-refractivity contribution < 1.29 is 13.2 Å². The van der Waals surface area contributed by atoms with Crippen molar-refractivity contribution in [3.05, 3.63) is 28.7 Å². The minimum atomic E-state index is -3.62. The molecule has 1 heterocycles. The third-order valence-electron chi connectivity index (χ3n) is 3.38. The van der Waals surface area contributed by atoms with Gasteiger partial charge >= 0.3 is 0 Å². The fourth-order valence-corrected chi connectivity index (χ4v) is 4.08. The van der Waals surface area contributed by atoms with E-state index in [2.05, 4.69) is 11.4 Å². The van der Waals surface area contributed by atoms with E-state index < -0.39 is 10.0 Å². The number of hydrogen-bond donors (Lipinski definition) is 2. The number of primary sulfonamides is 1. The Bertz CT molecular complexity index is 632. The first kappa shape index (κ1) is 16.2. The second-order valence-electron chi connectivity index (χ2n) is 5.15. The van der Waals surface area contributed by atoms with E-state index in [1.807, 2.05) is 0 Å². The van der Waals surface area contributed by atoms with Crippen LogP contribution in [0.3, 0.4) is 0 Å². The molecule has 0 aromatic carbocycles. The Labute approximate surface area is 129 Å².